The topological polar surface area (TPSA) is 59.7 Å². The van der Waals surface area contributed by atoms with Crippen LogP contribution in [0.15, 0.2) is 79.3 Å². The molecule has 0 saturated carbocycles. The van der Waals surface area contributed by atoms with Crippen molar-refractivity contribution in [1.82, 2.24) is 29.6 Å². The fourth-order valence-corrected chi connectivity index (χ4v) is 4.23. The zero-order chi connectivity index (χ0) is 23.5. The lowest BCUT2D eigenvalue weighted by atomic mass is 9.95. The van der Waals surface area contributed by atoms with E-state index in [1.54, 1.807) is 41.3 Å². The van der Waals surface area contributed by atoms with Crippen molar-refractivity contribution in [3.05, 3.63) is 96.7 Å². The molecule has 6 nitrogen and oxygen atoms in total. The molecule has 0 amide bonds. The Morgan fingerprint density at radius 2 is 1.47 bits per heavy atom. The van der Waals surface area contributed by atoms with E-state index in [0.717, 1.165) is 43.0 Å². The van der Waals surface area contributed by atoms with Crippen molar-refractivity contribution < 1.29 is 8.78 Å². The monoisotopic (exact) mass is 458 g/mol. The van der Waals surface area contributed by atoms with E-state index >= 15 is 0 Å². The predicted octanol–water partition coefficient (Wildman–Crippen LogP) is 5.07. The quantitative estimate of drug-likeness (QED) is 0.404. The number of hydrogen-bond acceptors (Lipinski definition) is 5. The van der Waals surface area contributed by atoms with Gasteiger partial charge in [0.15, 0.2) is 11.6 Å². The summed E-state index contributed by atoms with van der Waals surface area (Å²) in [5.41, 5.74) is 2.37. The normalized spacial score (nSPS) is 14.4. The van der Waals surface area contributed by atoms with Crippen molar-refractivity contribution >= 4 is 0 Å². The molecule has 3 heterocycles. The van der Waals surface area contributed by atoms with Crippen LogP contribution in [0.3, 0.4) is 0 Å². The Morgan fingerprint density at radius 3 is 2.09 bits per heavy atom. The maximum Gasteiger partial charge on any atom is 0.181 e. The van der Waals surface area contributed by atoms with Crippen LogP contribution in [0.1, 0.15) is 24.6 Å². The highest BCUT2D eigenvalue weighted by atomic mass is 19.1. The molecule has 34 heavy (non-hydrogen) atoms. The summed E-state index contributed by atoms with van der Waals surface area (Å²) in [4.78, 5) is 15.8. The van der Waals surface area contributed by atoms with Crippen molar-refractivity contribution in [3.63, 3.8) is 0 Å². The molecule has 0 N–H and O–H groups in total. The Morgan fingerprint density at radius 1 is 0.882 bits per heavy atom. The second-order valence-electron chi connectivity index (χ2n) is 8.36. The molecule has 0 unspecified atom stereocenters. The first kappa shape index (κ1) is 21.9. The van der Waals surface area contributed by atoms with Gasteiger partial charge < -0.3 is 4.90 Å². The van der Waals surface area contributed by atoms with Crippen LogP contribution in [-0.2, 0) is 6.54 Å². The van der Waals surface area contributed by atoms with Crippen molar-refractivity contribution in [2.45, 2.75) is 25.3 Å². The number of halogens is 2. The van der Waals surface area contributed by atoms with Crippen LogP contribution in [0.2, 0.25) is 0 Å². The van der Waals surface area contributed by atoms with Crippen molar-refractivity contribution in [3.8, 4) is 22.8 Å². The Hall–Kier alpha value is -3.94. The lowest BCUT2D eigenvalue weighted by Crippen LogP contribution is -2.34. The van der Waals surface area contributed by atoms with Crippen LogP contribution in [0, 0.1) is 11.6 Å². The summed E-state index contributed by atoms with van der Waals surface area (Å²) in [7, 11) is 0. The molecular formula is C26H24F2N6. The van der Waals surface area contributed by atoms with Crippen LogP contribution in [0.25, 0.3) is 22.8 Å². The summed E-state index contributed by atoms with van der Waals surface area (Å²) in [6.07, 6.45) is 5.47. The number of allylic oxidation sites excluding steroid dienone is 1. The summed E-state index contributed by atoms with van der Waals surface area (Å²) in [5, 5.41) is 4.69. The number of likely N-dealkylation sites (tertiary alicyclic amines) is 1. The van der Waals surface area contributed by atoms with E-state index in [1.165, 1.54) is 24.3 Å². The molecule has 5 rings (SSSR count). The van der Waals surface area contributed by atoms with Gasteiger partial charge in [-0.3, -0.25) is 0 Å². The summed E-state index contributed by atoms with van der Waals surface area (Å²) in [6.45, 7) is 6.46. The summed E-state index contributed by atoms with van der Waals surface area (Å²) < 4.78 is 28.7. The zero-order valence-corrected chi connectivity index (χ0v) is 18.6. The van der Waals surface area contributed by atoms with Gasteiger partial charge in [-0.05, 0) is 67.4 Å². The maximum atomic E-state index is 13.5. The van der Waals surface area contributed by atoms with E-state index < -0.39 is 0 Å². The molecule has 1 saturated heterocycles. The fourth-order valence-electron chi connectivity index (χ4n) is 4.23. The van der Waals surface area contributed by atoms with Gasteiger partial charge in [0, 0.05) is 48.2 Å². The Balaban J connectivity index is 1.36. The zero-order valence-electron chi connectivity index (χ0n) is 18.6. The van der Waals surface area contributed by atoms with Crippen molar-refractivity contribution in [2.75, 3.05) is 13.1 Å². The molecular weight excluding hydrogens is 434 g/mol. The highest BCUT2D eigenvalue weighted by Gasteiger charge is 2.24. The minimum atomic E-state index is -0.320. The van der Waals surface area contributed by atoms with Gasteiger partial charge in [0.05, 0.1) is 6.54 Å². The number of piperidine rings is 1. The SMILES string of the molecule is C=C(Cn1nc(-c2ccc(F)cc2)nc1-c1ccc(F)cc1)N1CCC(c2ncccn2)CC1. The maximum absolute atomic E-state index is 13.5. The van der Waals surface area contributed by atoms with Crippen LogP contribution in [-0.4, -0.2) is 42.7 Å². The first-order chi connectivity index (χ1) is 16.6. The molecule has 0 aliphatic carbocycles. The number of rotatable bonds is 6. The van der Waals surface area contributed by atoms with Gasteiger partial charge in [-0.2, -0.15) is 5.10 Å². The third-order valence-corrected chi connectivity index (χ3v) is 6.10. The summed E-state index contributed by atoms with van der Waals surface area (Å²) >= 11 is 0. The molecule has 0 radical (unpaired) electrons. The smallest absolute Gasteiger partial charge is 0.181 e. The molecule has 1 aliphatic rings. The largest absolute Gasteiger partial charge is 0.374 e. The third kappa shape index (κ3) is 4.71. The van der Waals surface area contributed by atoms with E-state index in [4.69, 9.17) is 4.98 Å². The summed E-state index contributed by atoms with van der Waals surface area (Å²) in [6, 6.07) is 14.0. The Labute approximate surface area is 196 Å². The van der Waals surface area contributed by atoms with Gasteiger partial charge in [-0.25, -0.2) is 28.4 Å². The minimum Gasteiger partial charge on any atom is -0.374 e. The molecule has 0 bridgehead atoms. The van der Waals surface area contributed by atoms with Crippen molar-refractivity contribution in [2.24, 2.45) is 0 Å². The standard InChI is InChI=1S/C26H24F2N6/c1-18(33-15-11-20(12-16-33)24-29-13-2-14-30-24)17-34-26(21-5-9-23(28)10-6-21)31-25(32-34)19-3-7-22(27)8-4-19/h2-10,13-14,20H,1,11-12,15-17H2. The molecule has 2 aromatic carbocycles. The van der Waals surface area contributed by atoms with E-state index in [1.807, 2.05) is 6.07 Å². The highest BCUT2D eigenvalue weighted by molar-refractivity contribution is 5.61. The Bertz CT molecular complexity index is 1260. The van der Waals surface area contributed by atoms with Gasteiger partial charge in [0.2, 0.25) is 0 Å². The molecule has 0 spiro atoms. The van der Waals surface area contributed by atoms with Gasteiger partial charge in [-0.15, -0.1) is 0 Å². The number of hydrogen-bond donors (Lipinski definition) is 0. The van der Waals surface area contributed by atoms with Gasteiger partial charge in [-0.1, -0.05) is 6.58 Å². The fraction of sp³-hybridized carbons (Fsp3) is 0.231. The predicted molar refractivity (Wildman–Crippen MR) is 126 cm³/mol. The first-order valence-corrected chi connectivity index (χ1v) is 11.2. The molecule has 4 aromatic rings. The number of nitrogens with zero attached hydrogens (tertiary/aromatic N) is 6. The van der Waals surface area contributed by atoms with Gasteiger partial charge in [0.25, 0.3) is 0 Å². The highest BCUT2D eigenvalue weighted by Crippen LogP contribution is 2.28. The van der Waals surface area contributed by atoms with Crippen molar-refractivity contribution in [1.29, 1.82) is 0 Å². The van der Waals surface area contributed by atoms with Crippen LogP contribution in [0.5, 0.6) is 0 Å². The van der Waals surface area contributed by atoms with E-state index in [0.29, 0.717) is 29.7 Å². The molecule has 1 fully saturated rings. The van der Waals surface area contributed by atoms with E-state index in [2.05, 4.69) is 26.5 Å². The molecule has 172 valence electrons. The van der Waals surface area contributed by atoms with Crippen LogP contribution < -0.4 is 0 Å². The van der Waals surface area contributed by atoms with Crippen LogP contribution >= 0.6 is 0 Å². The second kappa shape index (κ2) is 9.51. The lowest BCUT2D eigenvalue weighted by molar-refractivity contribution is 0.248. The third-order valence-electron chi connectivity index (χ3n) is 6.10. The minimum absolute atomic E-state index is 0.316. The second-order valence-corrected chi connectivity index (χ2v) is 8.36. The number of benzene rings is 2. The first-order valence-electron chi connectivity index (χ1n) is 11.2. The number of aromatic nitrogens is 5. The van der Waals surface area contributed by atoms with Gasteiger partial charge >= 0.3 is 0 Å². The van der Waals surface area contributed by atoms with Gasteiger partial charge in [0.1, 0.15) is 17.5 Å². The lowest BCUT2D eigenvalue weighted by Gasteiger charge is -2.34. The molecule has 8 heteroatoms. The van der Waals surface area contributed by atoms with Crippen LogP contribution in [0.4, 0.5) is 8.78 Å². The van der Waals surface area contributed by atoms with E-state index in [-0.39, 0.29) is 11.6 Å². The summed E-state index contributed by atoms with van der Waals surface area (Å²) in [5.74, 6) is 1.69. The Kier molecular flexibility index (Phi) is 6.12. The molecule has 0 atom stereocenters. The molecule has 2 aromatic heterocycles. The average molecular weight is 459 g/mol. The molecule has 1 aliphatic heterocycles. The van der Waals surface area contributed by atoms with E-state index in [9.17, 15) is 8.78 Å². The average Bonchev–Trinajstić information content (AvgIpc) is 3.29.